The molecule has 1 atom stereocenters. The number of thiocarbonyl (C=S) groups is 1. The number of aliphatic hydroxyl groups is 1. The molecule has 0 rings (SSSR count). The standard InChI is InChI=1S/C8H17NOS/c1-6(11)9-7(5-10)8(2,3)4/h7,10H,5H2,1-4H3,(H,9,11)/t7-/m1/s1. The Morgan fingerprint density at radius 1 is 1.55 bits per heavy atom. The van der Waals surface area contributed by atoms with Gasteiger partial charge in [-0.15, -0.1) is 0 Å². The van der Waals surface area contributed by atoms with Gasteiger partial charge in [-0.05, 0) is 12.3 Å². The molecule has 0 saturated carbocycles. The van der Waals surface area contributed by atoms with Gasteiger partial charge in [0.05, 0.1) is 17.6 Å². The number of hydrogen-bond acceptors (Lipinski definition) is 2. The van der Waals surface area contributed by atoms with Gasteiger partial charge in [-0.2, -0.15) is 0 Å². The van der Waals surface area contributed by atoms with Crippen LogP contribution in [0, 0.1) is 5.41 Å². The predicted molar refractivity (Wildman–Crippen MR) is 51.7 cm³/mol. The molecule has 0 aromatic rings. The molecule has 0 fully saturated rings. The summed E-state index contributed by atoms with van der Waals surface area (Å²) in [5.74, 6) is 0. The average Bonchev–Trinajstić information content (AvgIpc) is 1.79. The molecule has 0 aliphatic rings. The van der Waals surface area contributed by atoms with Crippen LogP contribution in [-0.2, 0) is 0 Å². The lowest BCUT2D eigenvalue weighted by Crippen LogP contribution is -2.44. The number of nitrogens with one attached hydrogen (secondary N) is 1. The molecule has 0 radical (unpaired) electrons. The molecule has 0 amide bonds. The summed E-state index contributed by atoms with van der Waals surface area (Å²) < 4.78 is 0. The minimum atomic E-state index is 0.0504. The van der Waals surface area contributed by atoms with E-state index in [-0.39, 0.29) is 18.1 Å². The maximum absolute atomic E-state index is 8.99. The van der Waals surface area contributed by atoms with Crippen LogP contribution in [0.4, 0.5) is 0 Å². The second-order valence-electron chi connectivity index (χ2n) is 3.80. The van der Waals surface area contributed by atoms with Crippen molar-refractivity contribution in [2.24, 2.45) is 5.41 Å². The molecule has 0 spiro atoms. The molecule has 3 heteroatoms. The van der Waals surface area contributed by atoms with Gasteiger partial charge in [-0.25, -0.2) is 0 Å². The van der Waals surface area contributed by atoms with Gasteiger partial charge < -0.3 is 10.4 Å². The van der Waals surface area contributed by atoms with Crippen molar-refractivity contribution < 1.29 is 5.11 Å². The molecule has 66 valence electrons. The highest BCUT2D eigenvalue weighted by Gasteiger charge is 2.23. The van der Waals surface area contributed by atoms with Gasteiger partial charge in [-0.3, -0.25) is 0 Å². The zero-order valence-electron chi connectivity index (χ0n) is 7.64. The van der Waals surface area contributed by atoms with Crippen molar-refractivity contribution in [1.29, 1.82) is 0 Å². The first-order chi connectivity index (χ1) is 4.88. The first-order valence-electron chi connectivity index (χ1n) is 3.76. The van der Waals surface area contributed by atoms with Crippen LogP contribution in [0.2, 0.25) is 0 Å². The summed E-state index contributed by atoms with van der Waals surface area (Å²) in [6.07, 6.45) is 0. The Balaban J connectivity index is 4.07. The average molecular weight is 175 g/mol. The van der Waals surface area contributed by atoms with Gasteiger partial charge >= 0.3 is 0 Å². The summed E-state index contributed by atoms with van der Waals surface area (Å²) >= 11 is 4.88. The largest absolute Gasteiger partial charge is 0.394 e. The summed E-state index contributed by atoms with van der Waals surface area (Å²) in [5, 5.41) is 12.0. The van der Waals surface area contributed by atoms with Crippen molar-refractivity contribution in [3.8, 4) is 0 Å². The van der Waals surface area contributed by atoms with Crippen LogP contribution in [0.1, 0.15) is 27.7 Å². The highest BCUT2D eigenvalue weighted by Crippen LogP contribution is 2.18. The van der Waals surface area contributed by atoms with E-state index in [0.717, 1.165) is 4.99 Å². The third-order valence-electron chi connectivity index (χ3n) is 1.61. The van der Waals surface area contributed by atoms with Crippen molar-refractivity contribution in [1.82, 2.24) is 5.32 Å². The molecule has 0 unspecified atom stereocenters. The molecule has 0 bridgehead atoms. The predicted octanol–water partition coefficient (Wildman–Crippen LogP) is 1.33. The second kappa shape index (κ2) is 4.02. The lowest BCUT2D eigenvalue weighted by molar-refractivity contribution is 0.175. The molecule has 2 nitrogen and oxygen atoms in total. The van der Waals surface area contributed by atoms with Gasteiger partial charge in [0.15, 0.2) is 0 Å². The van der Waals surface area contributed by atoms with E-state index in [2.05, 4.69) is 26.1 Å². The maximum Gasteiger partial charge on any atom is 0.0725 e. The topological polar surface area (TPSA) is 32.3 Å². The summed E-state index contributed by atoms with van der Waals surface area (Å²) in [4.78, 5) is 0.735. The van der Waals surface area contributed by atoms with E-state index in [0.29, 0.717) is 0 Å². The Hall–Kier alpha value is -0.150. The van der Waals surface area contributed by atoms with Crippen LogP contribution < -0.4 is 5.32 Å². The lowest BCUT2D eigenvalue weighted by Gasteiger charge is -2.30. The van der Waals surface area contributed by atoms with Crippen molar-refractivity contribution >= 4 is 17.2 Å². The SMILES string of the molecule is CC(=S)N[C@H](CO)C(C)(C)C. The van der Waals surface area contributed by atoms with E-state index in [1.165, 1.54) is 0 Å². The van der Waals surface area contributed by atoms with E-state index >= 15 is 0 Å². The molecule has 11 heavy (non-hydrogen) atoms. The Morgan fingerprint density at radius 3 is 2.09 bits per heavy atom. The van der Waals surface area contributed by atoms with Crippen LogP contribution in [0.15, 0.2) is 0 Å². The summed E-state index contributed by atoms with van der Waals surface area (Å²) in [6.45, 7) is 8.15. The van der Waals surface area contributed by atoms with E-state index in [1.807, 2.05) is 6.92 Å². The fraction of sp³-hybridized carbons (Fsp3) is 0.875. The molecule has 0 heterocycles. The first kappa shape index (κ1) is 10.8. The Morgan fingerprint density at radius 2 is 2.00 bits per heavy atom. The monoisotopic (exact) mass is 175 g/mol. The highest BCUT2D eigenvalue weighted by atomic mass is 32.1. The number of aliphatic hydroxyl groups excluding tert-OH is 1. The van der Waals surface area contributed by atoms with Crippen molar-refractivity contribution in [2.45, 2.75) is 33.7 Å². The van der Waals surface area contributed by atoms with Crippen molar-refractivity contribution in [3.05, 3.63) is 0 Å². The van der Waals surface area contributed by atoms with Crippen LogP contribution >= 0.6 is 12.2 Å². The van der Waals surface area contributed by atoms with E-state index in [9.17, 15) is 0 Å². The highest BCUT2D eigenvalue weighted by molar-refractivity contribution is 7.80. The molecule has 2 N–H and O–H groups in total. The summed E-state index contributed by atoms with van der Waals surface area (Å²) in [7, 11) is 0. The normalized spacial score (nSPS) is 14.3. The fourth-order valence-electron chi connectivity index (χ4n) is 0.781. The minimum absolute atomic E-state index is 0.0504. The van der Waals surface area contributed by atoms with Crippen LogP contribution in [-0.4, -0.2) is 22.7 Å². The third-order valence-corrected chi connectivity index (χ3v) is 1.72. The minimum Gasteiger partial charge on any atom is -0.394 e. The molecule has 0 aliphatic carbocycles. The summed E-state index contributed by atoms with van der Waals surface area (Å²) in [5.41, 5.74) is 0.0504. The second-order valence-corrected chi connectivity index (χ2v) is 4.41. The fourth-order valence-corrected chi connectivity index (χ4v) is 0.924. The van der Waals surface area contributed by atoms with Crippen molar-refractivity contribution in [2.75, 3.05) is 6.61 Å². The first-order valence-corrected chi connectivity index (χ1v) is 4.16. The van der Waals surface area contributed by atoms with Crippen LogP contribution in [0.25, 0.3) is 0 Å². The smallest absolute Gasteiger partial charge is 0.0725 e. The lowest BCUT2D eigenvalue weighted by atomic mass is 9.87. The summed E-state index contributed by atoms with van der Waals surface area (Å²) in [6, 6.07) is 0.0556. The molecule has 0 saturated heterocycles. The molecular weight excluding hydrogens is 158 g/mol. The van der Waals surface area contributed by atoms with E-state index < -0.39 is 0 Å². The van der Waals surface area contributed by atoms with Gasteiger partial charge in [0.1, 0.15) is 0 Å². The van der Waals surface area contributed by atoms with Crippen LogP contribution in [0.3, 0.4) is 0 Å². The van der Waals surface area contributed by atoms with Gasteiger partial charge in [-0.1, -0.05) is 33.0 Å². The maximum atomic E-state index is 8.99. The molecular formula is C8H17NOS. The Bertz CT molecular complexity index is 140. The van der Waals surface area contributed by atoms with E-state index in [4.69, 9.17) is 17.3 Å². The third kappa shape index (κ3) is 4.32. The molecule has 0 aromatic heterocycles. The molecule has 0 aromatic carbocycles. The zero-order valence-corrected chi connectivity index (χ0v) is 8.46. The molecule has 0 aliphatic heterocycles. The van der Waals surface area contributed by atoms with Crippen molar-refractivity contribution in [3.63, 3.8) is 0 Å². The van der Waals surface area contributed by atoms with Gasteiger partial charge in [0, 0.05) is 0 Å². The van der Waals surface area contributed by atoms with Gasteiger partial charge in [0.25, 0.3) is 0 Å². The quantitative estimate of drug-likeness (QED) is 0.621. The number of rotatable bonds is 2. The van der Waals surface area contributed by atoms with Crippen LogP contribution in [0.5, 0.6) is 0 Å². The van der Waals surface area contributed by atoms with Gasteiger partial charge in [0.2, 0.25) is 0 Å². The number of hydrogen-bond donors (Lipinski definition) is 2. The Kier molecular flexibility index (Phi) is 3.97. The Labute approximate surface area is 74.0 Å². The van der Waals surface area contributed by atoms with E-state index in [1.54, 1.807) is 0 Å². The zero-order chi connectivity index (χ0) is 9.07.